The third kappa shape index (κ3) is 3.11. The Morgan fingerprint density at radius 3 is 2.76 bits per heavy atom. The van der Waals surface area contributed by atoms with Crippen molar-refractivity contribution in [3.8, 4) is 0 Å². The highest BCUT2D eigenvalue weighted by Crippen LogP contribution is 2.28. The van der Waals surface area contributed by atoms with Crippen molar-refractivity contribution in [1.29, 1.82) is 0 Å². The number of carbonyl (C=O) groups is 1. The number of hydrogen-bond donors (Lipinski definition) is 2. The van der Waals surface area contributed by atoms with Crippen molar-refractivity contribution < 1.29 is 18.3 Å². The van der Waals surface area contributed by atoms with Crippen LogP contribution in [0.5, 0.6) is 0 Å². The molecule has 0 fully saturated rings. The van der Waals surface area contributed by atoms with E-state index in [1.54, 1.807) is 25.1 Å². The second-order valence-corrected chi connectivity index (χ2v) is 6.92. The van der Waals surface area contributed by atoms with E-state index in [-0.39, 0.29) is 9.90 Å². The van der Waals surface area contributed by atoms with E-state index in [1.807, 2.05) is 0 Å². The van der Waals surface area contributed by atoms with Crippen LogP contribution >= 0.6 is 11.3 Å². The SMILES string of the molecule is CN(C)c1ccncc1NS(=O)(=O)c1scnc1C(=O)O. The van der Waals surface area contributed by atoms with E-state index in [9.17, 15) is 13.2 Å². The van der Waals surface area contributed by atoms with Gasteiger partial charge in [0.1, 0.15) is 0 Å². The van der Waals surface area contributed by atoms with Gasteiger partial charge in [-0.1, -0.05) is 0 Å². The summed E-state index contributed by atoms with van der Waals surface area (Å²) < 4.78 is 26.6. The third-order valence-electron chi connectivity index (χ3n) is 2.51. The van der Waals surface area contributed by atoms with E-state index in [0.29, 0.717) is 5.69 Å². The van der Waals surface area contributed by atoms with Crippen molar-refractivity contribution in [3.05, 3.63) is 29.7 Å². The van der Waals surface area contributed by atoms with Crippen LogP contribution in [0.2, 0.25) is 0 Å². The monoisotopic (exact) mass is 328 g/mol. The van der Waals surface area contributed by atoms with Gasteiger partial charge in [0, 0.05) is 20.3 Å². The van der Waals surface area contributed by atoms with Gasteiger partial charge in [-0.2, -0.15) is 0 Å². The van der Waals surface area contributed by atoms with E-state index >= 15 is 0 Å². The summed E-state index contributed by atoms with van der Waals surface area (Å²) >= 11 is 0.742. The van der Waals surface area contributed by atoms with Gasteiger partial charge in [0.2, 0.25) is 0 Å². The molecule has 0 aromatic carbocycles. The molecule has 2 rings (SSSR count). The first-order valence-electron chi connectivity index (χ1n) is 5.64. The minimum atomic E-state index is -4.04. The van der Waals surface area contributed by atoms with Crippen LogP contribution in [-0.4, -0.2) is 43.6 Å². The Bertz CT molecular complexity index is 770. The molecule has 0 amide bonds. The molecule has 0 saturated heterocycles. The number of carboxylic acids is 1. The molecule has 112 valence electrons. The largest absolute Gasteiger partial charge is 0.476 e. The Morgan fingerprint density at radius 1 is 1.43 bits per heavy atom. The van der Waals surface area contributed by atoms with E-state index in [1.165, 1.54) is 17.9 Å². The first kappa shape index (κ1) is 15.2. The highest BCUT2D eigenvalue weighted by atomic mass is 32.2. The van der Waals surface area contributed by atoms with Gasteiger partial charge in [0.05, 0.1) is 23.1 Å². The van der Waals surface area contributed by atoms with Crippen molar-refractivity contribution in [2.45, 2.75) is 4.21 Å². The zero-order chi connectivity index (χ0) is 15.6. The molecule has 21 heavy (non-hydrogen) atoms. The fraction of sp³-hybridized carbons (Fsp3) is 0.182. The summed E-state index contributed by atoms with van der Waals surface area (Å²) in [6, 6.07) is 1.64. The molecule has 2 N–H and O–H groups in total. The number of carboxylic acid groups (broad SMARTS) is 1. The second-order valence-electron chi connectivity index (χ2n) is 4.19. The summed E-state index contributed by atoms with van der Waals surface area (Å²) in [6.45, 7) is 0. The predicted molar refractivity (Wildman–Crippen MR) is 78.4 cm³/mol. The van der Waals surface area contributed by atoms with Crippen molar-refractivity contribution >= 4 is 38.7 Å². The number of nitrogens with one attached hydrogen (secondary N) is 1. The number of aromatic nitrogens is 2. The van der Waals surface area contributed by atoms with Gasteiger partial charge in [0.15, 0.2) is 9.90 Å². The van der Waals surface area contributed by atoms with Crippen LogP contribution in [0.15, 0.2) is 28.2 Å². The standard InChI is InChI=1S/C11H12N4O4S2/c1-15(2)8-3-4-12-5-7(8)14-21(18,19)11-9(10(16)17)13-6-20-11/h3-6,14H,1-2H3,(H,16,17). The summed E-state index contributed by atoms with van der Waals surface area (Å²) in [6.07, 6.45) is 2.89. The molecule has 0 saturated carbocycles. The summed E-state index contributed by atoms with van der Waals surface area (Å²) in [5.74, 6) is -1.39. The van der Waals surface area contributed by atoms with Crippen LogP contribution in [-0.2, 0) is 10.0 Å². The minimum absolute atomic E-state index is 0.257. The minimum Gasteiger partial charge on any atom is -0.476 e. The first-order valence-corrected chi connectivity index (χ1v) is 8.00. The number of aromatic carboxylic acids is 1. The lowest BCUT2D eigenvalue weighted by molar-refractivity contribution is 0.0687. The quantitative estimate of drug-likeness (QED) is 0.845. The lowest BCUT2D eigenvalue weighted by Gasteiger charge is -2.17. The van der Waals surface area contributed by atoms with Crippen molar-refractivity contribution in [3.63, 3.8) is 0 Å². The van der Waals surface area contributed by atoms with Crippen LogP contribution in [0.1, 0.15) is 10.5 Å². The van der Waals surface area contributed by atoms with Gasteiger partial charge in [-0.05, 0) is 6.07 Å². The third-order valence-corrected chi connectivity index (χ3v) is 5.24. The molecule has 0 bridgehead atoms. The summed E-state index contributed by atoms with van der Waals surface area (Å²) in [5.41, 5.74) is 1.54. The number of thiazole rings is 1. The van der Waals surface area contributed by atoms with Crippen LogP contribution in [0, 0.1) is 0 Å². The van der Waals surface area contributed by atoms with Crippen molar-refractivity contribution in [2.24, 2.45) is 0 Å². The molecule has 2 aromatic heterocycles. The maximum absolute atomic E-state index is 12.3. The van der Waals surface area contributed by atoms with Gasteiger partial charge in [0.25, 0.3) is 10.0 Å². The molecule has 0 aliphatic carbocycles. The van der Waals surface area contributed by atoms with Crippen molar-refractivity contribution in [2.75, 3.05) is 23.7 Å². The molecule has 0 atom stereocenters. The fourth-order valence-electron chi connectivity index (χ4n) is 1.62. The van der Waals surface area contributed by atoms with Gasteiger partial charge in [-0.15, -0.1) is 11.3 Å². The Kier molecular flexibility index (Phi) is 4.09. The molecule has 0 aliphatic heterocycles. The molecule has 8 nitrogen and oxygen atoms in total. The van der Waals surface area contributed by atoms with Crippen LogP contribution < -0.4 is 9.62 Å². The Labute approximate surface area is 125 Å². The first-order chi connectivity index (χ1) is 9.83. The topological polar surface area (TPSA) is 112 Å². The lowest BCUT2D eigenvalue weighted by atomic mass is 10.3. The summed E-state index contributed by atoms with van der Waals surface area (Å²) in [7, 11) is -0.538. The molecule has 2 heterocycles. The normalized spacial score (nSPS) is 11.1. The number of sulfonamides is 1. The zero-order valence-corrected chi connectivity index (χ0v) is 12.8. The molecule has 0 radical (unpaired) electrons. The second kappa shape index (κ2) is 5.66. The van der Waals surface area contributed by atoms with Crippen LogP contribution in [0.25, 0.3) is 0 Å². The number of hydrogen-bond acceptors (Lipinski definition) is 7. The average Bonchev–Trinajstić information content (AvgIpc) is 2.88. The van der Waals surface area contributed by atoms with E-state index in [0.717, 1.165) is 11.3 Å². The van der Waals surface area contributed by atoms with Crippen LogP contribution in [0.4, 0.5) is 11.4 Å². The van der Waals surface area contributed by atoms with Crippen molar-refractivity contribution in [1.82, 2.24) is 9.97 Å². The van der Waals surface area contributed by atoms with Gasteiger partial charge >= 0.3 is 5.97 Å². The molecule has 0 unspecified atom stereocenters. The number of rotatable bonds is 5. The molecular weight excluding hydrogens is 316 g/mol. The van der Waals surface area contributed by atoms with E-state index in [4.69, 9.17) is 5.11 Å². The summed E-state index contributed by atoms with van der Waals surface area (Å²) in [5, 5.41) is 8.96. The van der Waals surface area contributed by atoms with Gasteiger partial charge < -0.3 is 10.0 Å². The van der Waals surface area contributed by atoms with Gasteiger partial charge in [-0.3, -0.25) is 9.71 Å². The van der Waals surface area contributed by atoms with Crippen LogP contribution in [0.3, 0.4) is 0 Å². The van der Waals surface area contributed by atoms with E-state index in [2.05, 4.69) is 14.7 Å². The molecule has 2 aromatic rings. The zero-order valence-electron chi connectivity index (χ0n) is 11.1. The highest BCUT2D eigenvalue weighted by Gasteiger charge is 2.26. The number of anilines is 2. The number of pyridine rings is 1. The Balaban J connectivity index is 2.43. The molecular formula is C11H12N4O4S2. The lowest BCUT2D eigenvalue weighted by Crippen LogP contribution is -2.18. The predicted octanol–water partition coefficient (Wildman–Crippen LogP) is 1.10. The maximum atomic E-state index is 12.3. The smallest absolute Gasteiger partial charge is 0.356 e. The number of nitrogens with zero attached hydrogens (tertiary/aromatic N) is 3. The Morgan fingerprint density at radius 2 is 2.14 bits per heavy atom. The Hall–Kier alpha value is -2.20. The van der Waals surface area contributed by atoms with Gasteiger partial charge in [-0.25, -0.2) is 18.2 Å². The molecule has 0 aliphatic rings. The van der Waals surface area contributed by atoms with E-state index < -0.39 is 21.7 Å². The summed E-state index contributed by atoms with van der Waals surface area (Å²) in [4.78, 5) is 20.1. The average molecular weight is 328 g/mol. The molecule has 0 spiro atoms. The molecule has 10 heteroatoms. The fourth-order valence-corrected chi connectivity index (χ4v) is 3.82. The maximum Gasteiger partial charge on any atom is 0.356 e. The highest BCUT2D eigenvalue weighted by molar-refractivity contribution is 7.94.